The molecule has 0 radical (unpaired) electrons. The first-order valence-corrected chi connectivity index (χ1v) is 7.29. The Morgan fingerprint density at radius 2 is 2.10 bits per heavy atom. The summed E-state index contributed by atoms with van der Waals surface area (Å²) < 4.78 is 18.9. The van der Waals surface area contributed by atoms with Gasteiger partial charge in [0, 0.05) is 5.54 Å². The van der Waals surface area contributed by atoms with E-state index in [0.717, 1.165) is 6.42 Å². The van der Waals surface area contributed by atoms with Crippen LogP contribution in [0.15, 0.2) is 0 Å². The molecule has 0 saturated heterocycles. The van der Waals surface area contributed by atoms with Gasteiger partial charge in [-0.1, -0.05) is 0 Å². The van der Waals surface area contributed by atoms with Crippen molar-refractivity contribution in [3.8, 4) is 0 Å². The molecule has 5 heteroatoms. The largest absolute Gasteiger partial charge is 0.459 e. The molecular formula is C15H28FNO3. The van der Waals surface area contributed by atoms with E-state index in [2.05, 4.69) is 0 Å². The van der Waals surface area contributed by atoms with E-state index in [0.29, 0.717) is 19.3 Å². The van der Waals surface area contributed by atoms with Crippen molar-refractivity contribution in [3.05, 3.63) is 0 Å². The topological polar surface area (TPSA) is 49.8 Å². The fraction of sp³-hybridized carbons (Fsp3) is 0.933. The lowest BCUT2D eigenvalue weighted by Gasteiger charge is -2.39. The van der Waals surface area contributed by atoms with Crippen molar-refractivity contribution in [3.63, 3.8) is 0 Å². The predicted octanol–water partition coefficient (Wildman–Crippen LogP) is 2.29. The van der Waals surface area contributed by atoms with E-state index in [1.807, 2.05) is 39.6 Å². The Morgan fingerprint density at radius 3 is 2.65 bits per heavy atom. The summed E-state index contributed by atoms with van der Waals surface area (Å²) in [5, 5.41) is 9.84. The Bertz CT molecular complexity index is 343. The quantitative estimate of drug-likeness (QED) is 0.640. The van der Waals surface area contributed by atoms with Crippen molar-refractivity contribution in [2.45, 2.75) is 76.8 Å². The molecule has 0 aromatic rings. The maximum atomic E-state index is 13.6. The second kappa shape index (κ2) is 6.39. The molecule has 118 valence electrons. The molecular weight excluding hydrogens is 261 g/mol. The number of alkyl halides is 1. The number of ether oxygens (including phenoxy) is 1. The molecule has 4 nitrogen and oxygen atoms in total. The number of carbonyl (C=O) groups is 1. The number of likely N-dealkylation sites (N-methyl/N-ethyl adjacent to an activating group) is 1. The summed E-state index contributed by atoms with van der Waals surface area (Å²) in [4.78, 5) is 13.8. The minimum atomic E-state index is -1.16. The van der Waals surface area contributed by atoms with Crippen molar-refractivity contribution in [1.29, 1.82) is 0 Å². The van der Waals surface area contributed by atoms with Crippen LogP contribution in [-0.4, -0.2) is 53.0 Å². The zero-order chi connectivity index (χ0) is 15.6. The molecule has 1 saturated carbocycles. The van der Waals surface area contributed by atoms with Gasteiger partial charge in [-0.15, -0.1) is 0 Å². The number of halogens is 1. The highest BCUT2D eigenvalue weighted by Crippen LogP contribution is 2.32. The zero-order valence-corrected chi connectivity index (χ0v) is 13.3. The molecule has 0 heterocycles. The number of esters is 1. The summed E-state index contributed by atoms with van der Waals surface area (Å²) in [6.07, 6.45) is 0.0946. The van der Waals surface area contributed by atoms with E-state index in [-0.39, 0.29) is 18.1 Å². The summed E-state index contributed by atoms with van der Waals surface area (Å²) >= 11 is 0. The van der Waals surface area contributed by atoms with Gasteiger partial charge in [-0.2, -0.15) is 0 Å². The van der Waals surface area contributed by atoms with E-state index in [9.17, 15) is 14.3 Å². The molecule has 1 rings (SSSR count). The number of nitrogens with zero attached hydrogens (tertiary/aromatic N) is 1. The van der Waals surface area contributed by atoms with Crippen LogP contribution in [-0.2, 0) is 9.53 Å². The molecule has 0 amide bonds. The molecule has 1 N–H and O–H groups in total. The number of hydrogen-bond donors (Lipinski definition) is 1. The standard InChI is InChI=1S/C15H28FNO3/c1-14(2,3)20-13(19)10-17(5)15(4)8-6-7-11(16)12(18)9-15/h11-12,18H,6-10H2,1-5H3/t11?,12-,15-/m0/s1. The predicted molar refractivity (Wildman–Crippen MR) is 76.3 cm³/mol. The van der Waals surface area contributed by atoms with Crippen LogP contribution in [0.3, 0.4) is 0 Å². The second-order valence-electron chi connectivity index (χ2n) is 7.12. The maximum Gasteiger partial charge on any atom is 0.320 e. The molecule has 1 aliphatic rings. The van der Waals surface area contributed by atoms with Gasteiger partial charge >= 0.3 is 5.97 Å². The van der Waals surface area contributed by atoms with Crippen LogP contribution in [0.5, 0.6) is 0 Å². The third kappa shape index (κ3) is 5.02. The normalized spacial score (nSPS) is 32.0. The fourth-order valence-electron chi connectivity index (χ4n) is 2.66. The van der Waals surface area contributed by atoms with Crippen LogP contribution in [0.2, 0.25) is 0 Å². The smallest absolute Gasteiger partial charge is 0.320 e. The van der Waals surface area contributed by atoms with Gasteiger partial charge < -0.3 is 9.84 Å². The third-order valence-corrected chi connectivity index (χ3v) is 3.97. The average Bonchev–Trinajstić information content (AvgIpc) is 2.37. The van der Waals surface area contributed by atoms with Gasteiger partial charge in [0.2, 0.25) is 0 Å². The van der Waals surface area contributed by atoms with E-state index in [4.69, 9.17) is 4.74 Å². The summed E-state index contributed by atoms with van der Waals surface area (Å²) in [6.45, 7) is 7.61. The van der Waals surface area contributed by atoms with Crippen LogP contribution in [0.4, 0.5) is 4.39 Å². The monoisotopic (exact) mass is 289 g/mol. The van der Waals surface area contributed by atoms with Crippen molar-refractivity contribution in [2.24, 2.45) is 0 Å². The molecule has 1 unspecified atom stereocenters. The molecule has 1 aliphatic carbocycles. The Balaban J connectivity index is 2.64. The van der Waals surface area contributed by atoms with E-state index < -0.39 is 17.9 Å². The van der Waals surface area contributed by atoms with Gasteiger partial charge in [-0.25, -0.2) is 4.39 Å². The van der Waals surface area contributed by atoms with Crippen LogP contribution < -0.4 is 0 Å². The second-order valence-corrected chi connectivity index (χ2v) is 7.12. The first kappa shape index (κ1) is 17.4. The Hall–Kier alpha value is -0.680. The SMILES string of the molecule is CN(CC(=O)OC(C)(C)C)[C@@]1(C)CCCC(F)[C@@H](O)C1. The molecule has 20 heavy (non-hydrogen) atoms. The van der Waals surface area contributed by atoms with Gasteiger partial charge in [0.1, 0.15) is 11.8 Å². The van der Waals surface area contributed by atoms with Crippen LogP contribution in [0.25, 0.3) is 0 Å². The maximum absolute atomic E-state index is 13.6. The number of hydrogen-bond acceptors (Lipinski definition) is 4. The van der Waals surface area contributed by atoms with Gasteiger partial charge in [-0.3, -0.25) is 9.69 Å². The number of aliphatic hydroxyl groups is 1. The fourth-order valence-corrected chi connectivity index (χ4v) is 2.66. The number of rotatable bonds is 3. The lowest BCUT2D eigenvalue weighted by molar-refractivity contribution is -0.157. The minimum Gasteiger partial charge on any atom is -0.459 e. The van der Waals surface area contributed by atoms with Gasteiger partial charge in [0.15, 0.2) is 0 Å². The minimum absolute atomic E-state index is 0.150. The van der Waals surface area contributed by atoms with Crippen molar-refractivity contribution < 1.29 is 19.0 Å². The Labute approximate surface area is 121 Å². The first-order chi connectivity index (χ1) is 9.03. The highest BCUT2D eigenvalue weighted by atomic mass is 19.1. The van der Waals surface area contributed by atoms with E-state index in [1.165, 1.54) is 0 Å². The lowest BCUT2D eigenvalue weighted by Crippen LogP contribution is -2.49. The van der Waals surface area contributed by atoms with Crippen molar-refractivity contribution in [2.75, 3.05) is 13.6 Å². The molecule has 0 aromatic carbocycles. The lowest BCUT2D eigenvalue weighted by atomic mass is 9.90. The van der Waals surface area contributed by atoms with Crippen molar-refractivity contribution >= 4 is 5.97 Å². The molecule has 1 fully saturated rings. The molecule has 0 spiro atoms. The van der Waals surface area contributed by atoms with Crippen molar-refractivity contribution in [1.82, 2.24) is 4.90 Å². The summed E-state index contributed by atoms with van der Waals surface area (Å²) in [5.41, 5.74) is -0.886. The van der Waals surface area contributed by atoms with Gasteiger partial charge in [0.25, 0.3) is 0 Å². The van der Waals surface area contributed by atoms with E-state index in [1.54, 1.807) is 0 Å². The third-order valence-electron chi connectivity index (χ3n) is 3.97. The molecule has 3 atom stereocenters. The molecule has 0 bridgehead atoms. The Kier molecular flexibility index (Phi) is 5.55. The summed E-state index contributed by atoms with van der Waals surface area (Å²) in [7, 11) is 1.83. The highest BCUT2D eigenvalue weighted by molar-refractivity contribution is 5.72. The Morgan fingerprint density at radius 1 is 1.50 bits per heavy atom. The molecule has 0 aromatic heterocycles. The number of aliphatic hydroxyl groups excluding tert-OH is 1. The highest BCUT2D eigenvalue weighted by Gasteiger charge is 2.38. The number of carbonyl (C=O) groups excluding carboxylic acids is 1. The van der Waals surface area contributed by atoms with E-state index >= 15 is 0 Å². The van der Waals surface area contributed by atoms with Gasteiger partial charge in [0.05, 0.1) is 12.6 Å². The first-order valence-electron chi connectivity index (χ1n) is 7.29. The summed E-state index contributed by atoms with van der Waals surface area (Å²) in [5.74, 6) is -0.295. The zero-order valence-electron chi connectivity index (χ0n) is 13.3. The van der Waals surface area contributed by atoms with Crippen LogP contribution >= 0.6 is 0 Å². The van der Waals surface area contributed by atoms with Crippen LogP contribution in [0.1, 0.15) is 53.4 Å². The average molecular weight is 289 g/mol. The summed E-state index contributed by atoms with van der Waals surface area (Å²) in [6, 6.07) is 0. The molecule has 0 aliphatic heterocycles. The van der Waals surface area contributed by atoms with Gasteiger partial charge in [-0.05, 0) is 60.4 Å². The van der Waals surface area contributed by atoms with Crippen LogP contribution in [0, 0.1) is 0 Å².